The van der Waals surface area contributed by atoms with Crippen molar-refractivity contribution < 1.29 is 23.8 Å². The topological polar surface area (TPSA) is 68.9 Å². The van der Waals surface area contributed by atoms with Crippen LogP contribution in [0, 0.1) is 6.92 Å². The molecule has 2 aromatic carbocycles. The highest BCUT2D eigenvalue weighted by Gasteiger charge is 2.10. The predicted octanol–water partition coefficient (Wildman–Crippen LogP) is 4.31. The largest absolute Gasteiger partial charge is 0.489 e. The van der Waals surface area contributed by atoms with Crippen LogP contribution in [-0.4, -0.2) is 17.7 Å². The Hall–Kier alpha value is -2.79. The number of aliphatic hydroxyl groups is 1. The van der Waals surface area contributed by atoms with Crippen molar-refractivity contribution >= 4 is 16.9 Å². The summed E-state index contributed by atoms with van der Waals surface area (Å²) < 4.78 is 16.6. The molecule has 5 nitrogen and oxygen atoms in total. The van der Waals surface area contributed by atoms with Crippen LogP contribution in [-0.2, 0) is 29.2 Å². The lowest BCUT2D eigenvalue weighted by Gasteiger charge is -2.12. The minimum absolute atomic E-state index is 0.117. The summed E-state index contributed by atoms with van der Waals surface area (Å²) in [4.78, 5) is 11.6. The first-order valence-electron chi connectivity index (χ1n) is 9.09. The van der Waals surface area contributed by atoms with Crippen LogP contribution in [0.3, 0.4) is 0 Å². The number of ether oxygens (including phenoxy) is 2. The van der Waals surface area contributed by atoms with E-state index in [0.717, 1.165) is 33.4 Å². The monoisotopic (exact) mass is 368 g/mol. The second-order valence-corrected chi connectivity index (χ2v) is 6.40. The fraction of sp³-hybridized carbons (Fsp3) is 0.318. The summed E-state index contributed by atoms with van der Waals surface area (Å²) in [5.41, 5.74) is 3.79. The Morgan fingerprint density at radius 3 is 2.78 bits per heavy atom. The quantitative estimate of drug-likeness (QED) is 0.600. The first-order valence-corrected chi connectivity index (χ1v) is 9.09. The number of fused-ring (bicyclic) bond motifs is 1. The fourth-order valence-corrected chi connectivity index (χ4v) is 3.10. The van der Waals surface area contributed by atoms with Crippen molar-refractivity contribution in [1.29, 1.82) is 0 Å². The van der Waals surface area contributed by atoms with E-state index in [9.17, 15) is 9.90 Å². The predicted molar refractivity (Wildman–Crippen MR) is 103 cm³/mol. The zero-order chi connectivity index (χ0) is 19.2. The number of carbonyl (C=O) groups excluding carboxylic acids is 1. The Labute approximate surface area is 158 Å². The van der Waals surface area contributed by atoms with E-state index >= 15 is 0 Å². The molecule has 0 fully saturated rings. The normalized spacial score (nSPS) is 10.9. The molecule has 0 unspecified atom stereocenters. The zero-order valence-electron chi connectivity index (χ0n) is 15.7. The lowest BCUT2D eigenvalue weighted by Crippen LogP contribution is -2.06. The molecule has 0 saturated heterocycles. The number of aliphatic hydroxyl groups excluding tert-OH is 1. The van der Waals surface area contributed by atoms with E-state index in [1.54, 1.807) is 6.92 Å². The van der Waals surface area contributed by atoms with Gasteiger partial charge in [0.25, 0.3) is 0 Å². The van der Waals surface area contributed by atoms with E-state index in [2.05, 4.69) is 0 Å². The molecule has 5 heteroatoms. The van der Waals surface area contributed by atoms with Gasteiger partial charge in [0.2, 0.25) is 0 Å². The first kappa shape index (κ1) is 19.0. The van der Waals surface area contributed by atoms with E-state index in [1.165, 1.54) is 0 Å². The van der Waals surface area contributed by atoms with E-state index in [0.29, 0.717) is 31.8 Å². The van der Waals surface area contributed by atoms with Gasteiger partial charge >= 0.3 is 5.97 Å². The zero-order valence-corrected chi connectivity index (χ0v) is 15.7. The highest BCUT2D eigenvalue weighted by Crippen LogP contribution is 2.26. The molecular formula is C22H24O5. The first-order chi connectivity index (χ1) is 13.1. The SMILES string of the molecule is CCOC(=O)CCc1ccccc1OCc1cc(C)c2oc(CO)cc2c1. The van der Waals surface area contributed by atoms with Crippen LogP contribution in [0.4, 0.5) is 0 Å². The molecule has 0 atom stereocenters. The van der Waals surface area contributed by atoms with Crippen LogP contribution in [0.2, 0.25) is 0 Å². The van der Waals surface area contributed by atoms with Crippen LogP contribution in [0.25, 0.3) is 11.0 Å². The number of esters is 1. The van der Waals surface area contributed by atoms with E-state index in [4.69, 9.17) is 13.9 Å². The molecule has 0 amide bonds. The summed E-state index contributed by atoms with van der Waals surface area (Å²) in [6.07, 6.45) is 0.910. The number of hydrogen-bond donors (Lipinski definition) is 1. The molecule has 0 aliphatic heterocycles. The van der Waals surface area contributed by atoms with Crippen molar-refractivity contribution in [3.63, 3.8) is 0 Å². The minimum atomic E-state index is -0.201. The molecule has 27 heavy (non-hydrogen) atoms. The summed E-state index contributed by atoms with van der Waals surface area (Å²) in [6.45, 7) is 4.46. The Morgan fingerprint density at radius 2 is 2.00 bits per heavy atom. The second kappa shape index (κ2) is 8.73. The van der Waals surface area contributed by atoms with Crippen molar-refractivity contribution in [1.82, 2.24) is 0 Å². The summed E-state index contributed by atoms with van der Waals surface area (Å²) in [5.74, 6) is 1.12. The van der Waals surface area contributed by atoms with E-state index in [-0.39, 0.29) is 12.6 Å². The van der Waals surface area contributed by atoms with Crippen LogP contribution in [0.15, 0.2) is 46.9 Å². The summed E-state index contributed by atoms with van der Waals surface area (Å²) in [7, 11) is 0. The molecule has 0 radical (unpaired) electrons. The smallest absolute Gasteiger partial charge is 0.306 e. The van der Waals surface area contributed by atoms with Gasteiger partial charge in [0, 0.05) is 11.8 Å². The third-order valence-corrected chi connectivity index (χ3v) is 4.34. The minimum Gasteiger partial charge on any atom is -0.489 e. The molecule has 0 bridgehead atoms. The van der Waals surface area contributed by atoms with Gasteiger partial charge in [0.15, 0.2) is 0 Å². The van der Waals surface area contributed by atoms with Gasteiger partial charge in [-0.1, -0.05) is 18.2 Å². The maximum absolute atomic E-state index is 11.6. The molecule has 0 saturated carbocycles. The molecule has 0 aliphatic carbocycles. The van der Waals surface area contributed by atoms with Gasteiger partial charge in [-0.05, 0) is 61.2 Å². The highest BCUT2D eigenvalue weighted by molar-refractivity contribution is 5.81. The highest BCUT2D eigenvalue weighted by atomic mass is 16.5. The maximum atomic E-state index is 11.6. The van der Waals surface area contributed by atoms with Crippen molar-refractivity contribution in [3.05, 3.63) is 64.9 Å². The number of benzene rings is 2. The molecule has 3 aromatic rings. The summed E-state index contributed by atoms with van der Waals surface area (Å²) in [5, 5.41) is 10.2. The fourth-order valence-electron chi connectivity index (χ4n) is 3.10. The van der Waals surface area contributed by atoms with Gasteiger partial charge in [0.05, 0.1) is 6.61 Å². The molecule has 0 aliphatic rings. The van der Waals surface area contributed by atoms with Crippen LogP contribution < -0.4 is 4.74 Å². The third-order valence-electron chi connectivity index (χ3n) is 4.34. The van der Waals surface area contributed by atoms with Crippen molar-refractivity contribution in [2.45, 2.75) is 39.9 Å². The number of carbonyl (C=O) groups is 1. The van der Waals surface area contributed by atoms with Crippen molar-refractivity contribution in [3.8, 4) is 5.75 Å². The molecular weight excluding hydrogens is 344 g/mol. The maximum Gasteiger partial charge on any atom is 0.306 e. The number of para-hydroxylation sites is 1. The average Bonchev–Trinajstić information content (AvgIpc) is 3.09. The van der Waals surface area contributed by atoms with Gasteiger partial charge in [0.1, 0.15) is 30.3 Å². The van der Waals surface area contributed by atoms with Gasteiger partial charge in [-0.3, -0.25) is 4.79 Å². The summed E-state index contributed by atoms with van der Waals surface area (Å²) in [6, 6.07) is 13.6. The van der Waals surface area contributed by atoms with Crippen LogP contribution >= 0.6 is 0 Å². The van der Waals surface area contributed by atoms with Gasteiger partial charge in [-0.15, -0.1) is 0 Å². The van der Waals surface area contributed by atoms with Crippen LogP contribution in [0.1, 0.15) is 35.8 Å². The standard InChI is InChI=1S/C22H24O5/c1-3-25-21(24)9-8-17-6-4-5-7-20(17)26-14-16-10-15(2)22-18(11-16)12-19(13-23)27-22/h4-7,10-12,23H,3,8-9,13-14H2,1-2H3. The lowest BCUT2D eigenvalue weighted by molar-refractivity contribution is -0.143. The Bertz CT molecular complexity index is 926. The Morgan fingerprint density at radius 1 is 1.19 bits per heavy atom. The number of hydrogen-bond acceptors (Lipinski definition) is 5. The van der Waals surface area contributed by atoms with E-state index in [1.807, 2.05) is 49.4 Å². The van der Waals surface area contributed by atoms with Crippen molar-refractivity contribution in [2.75, 3.05) is 6.61 Å². The molecule has 3 rings (SSSR count). The number of furan rings is 1. The lowest BCUT2D eigenvalue weighted by atomic mass is 10.1. The molecule has 142 valence electrons. The summed E-state index contributed by atoms with van der Waals surface area (Å²) >= 11 is 0. The number of aryl methyl sites for hydroxylation is 2. The molecule has 0 spiro atoms. The third kappa shape index (κ3) is 4.68. The molecule has 1 N–H and O–H groups in total. The Balaban J connectivity index is 1.71. The van der Waals surface area contributed by atoms with Gasteiger partial charge in [-0.2, -0.15) is 0 Å². The van der Waals surface area contributed by atoms with E-state index < -0.39 is 0 Å². The van der Waals surface area contributed by atoms with Crippen LogP contribution in [0.5, 0.6) is 5.75 Å². The molecule has 1 aromatic heterocycles. The molecule has 1 heterocycles. The number of rotatable bonds is 8. The second-order valence-electron chi connectivity index (χ2n) is 6.40. The van der Waals surface area contributed by atoms with Crippen molar-refractivity contribution in [2.24, 2.45) is 0 Å². The Kier molecular flexibility index (Phi) is 6.14. The average molecular weight is 368 g/mol. The van der Waals surface area contributed by atoms with Gasteiger partial charge in [-0.25, -0.2) is 0 Å². The van der Waals surface area contributed by atoms with Gasteiger partial charge < -0.3 is 19.0 Å².